The third kappa shape index (κ3) is 2.64. The summed E-state index contributed by atoms with van der Waals surface area (Å²) in [7, 11) is 0. The van der Waals surface area contributed by atoms with Gasteiger partial charge in [-0.15, -0.1) is 0 Å². The first-order valence-electron chi connectivity index (χ1n) is 7.36. The van der Waals surface area contributed by atoms with Gasteiger partial charge in [0, 0.05) is 12.2 Å². The van der Waals surface area contributed by atoms with Gasteiger partial charge in [0.2, 0.25) is 5.43 Å². The van der Waals surface area contributed by atoms with Gasteiger partial charge >= 0.3 is 11.7 Å². The molecule has 1 aromatic heterocycles. The Kier molecular flexibility index (Phi) is 4.19. The fraction of sp³-hybridized carbons (Fsp3) is 0.333. The van der Waals surface area contributed by atoms with Crippen LogP contribution in [-0.2, 0) is 4.74 Å². The van der Waals surface area contributed by atoms with Crippen LogP contribution in [0.1, 0.15) is 36.2 Å². The molecule has 1 aliphatic carbocycles. The van der Waals surface area contributed by atoms with Gasteiger partial charge in [-0.3, -0.25) is 14.9 Å². The number of ether oxygens (including phenoxy) is 1. The van der Waals surface area contributed by atoms with Crippen LogP contribution in [0.5, 0.6) is 0 Å². The zero-order chi connectivity index (χ0) is 18.5. The largest absolute Gasteiger partial charge is 0.462 e. The number of fused-ring (bicyclic) bond motifs is 1. The van der Waals surface area contributed by atoms with E-state index in [1.165, 1.54) is 11.5 Å². The van der Waals surface area contributed by atoms with E-state index in [9.17, 15) is 28.5 Å². The standard InChI is InChI=1S/C15H11ClF2N2O5/c1-2-25-15(22)7-5-19(6-3-4-6)12-8(14(7)21)10(17)11(18)9(16)13(12)20(23)24/h5-6H,2-4H2,1H3. The summed E-state index contributed by atoms with van der Waals surface area (Å²) in [5, 5.41) is 9.45. The predicted molar refractivity (Wildman–Crippen MR) is 84.0 cm³/mol. The highest BCUT2D eigenvalue weighted by Gasteiger charge is 2.35. The summed E-state index contributed by atoms with van der Waals surface area (Å²) in [5.74, 6) is -4.35. The van der Waals surface area contributed by atoms with Crippen LogP contribution in [0, 0.1) is 21.7 Å². The number of rotatable bonds is 4. The molecule has 0 spiro atoms. The van der Waals surface area contributed by atoms with Crippen LogP contribution in [0.3, 0.4) is 0 Å². The van der Waals surface area contributed by atoms with Crippen molar-refractivity contribution in [2.75, 3.05) is 6.61 Å². The monoisotopic (exact) mass is 372 g/mol. The summed E-state index contributed by atoms with van der Waals surface area (Å²) in [6.07, 6.45) is 2.29. The molecule has 7 nitrogen and oxygen atoms in total. The van der Waals surface area contributed by atoms with Gasteiger partial charge in [-0.05, 0) is 19.8 Å². The van der Waals surface area contributed by atoms with Gasteiger partial charge in [0.1, 0.15) is 11.1 Å². The van der Waals surface area contributed by atoms with Crippen molar-refractivity contribution in [1.29, 1.82) is 0 Å². The van der Waals surface area contributed by atoms with Crippen molar-refractivity contribution in [1.82, 2.24) is 4.57 Å². The van der Waals surface area contributed by atoms with Gasteiger partial charge in [-0.2, -0.15) is 0 Å². The number of nitrogens with zero attached hydrogens (tertiary/aromatic N) is 2. The molecule has 25 heavy (non-hydrogen) atoms. The Morgan fingerprint density at radius 2 is 2.08 bits per heavy atom. The van der Waals surface area contributed by atoms with Crippen LogP contribution in [0.4, 0.5) is 14.5 Å². The Labute approximate surface area is 143 Å². The molecular weight excluding hydrogens is 362 g/mol. The molecule has 0 amide bonds. The highest BCUT2D eigenvalue weighted by atomic mass is 35.5. The van der Waals surface area contributed by atoms with Gasteiger partial charge in [-0.1, -0.05) is 11.6 Å². The van der Waals surface area contributed by atoms with Crippen molar-refractivity contribution < 1.29 is 23.2 Å². The van der Waals surface area contributed by atoms with Crippen LogP contribution >= 0.6 is 11.6 Å². The minimum Gasteiger partial charge on any atom is -0.462 e. The molecule has 1 saturated carbocycles. The van der Waals surface area contributed by atoms with E-state index in [4.69, 9.17) is 16.3 Å². The Morgan fingerprint density at radius 1 is 1.44 bits per heavy atom. The number of hydrogen-bond donors (Lipinski definition) is 0. The molecule has 1 fully saturated rings. The molecule has 0 radical (unpaired) electrons. The molecule has 1 aliphatic rings. The second-order valence-corrected chi connectivity index (χ2v) is 5.88. The molecule has 0 N–H and O–H groups in total. The summed E-state index contributed by atoms with van der Waals surface area (Å²) in [5.41, 5.74) is -3.04. The number of carbonyl (C=O) groups is 1. The van der Waals surface area contributed by atoms with Crippen molar-refractivity contribution >= 4 is 34.2 Å². The van der Waals surface area contributed by atoms with Crippen molar-refractivity contribution in [3.63, 3.8) is 0 Å². The first-order chi connectivity index (χ1) is 11.8. The molecule has 1 aromatic carbocycles. The topological polar surface area (TPSA) is 91.4 Å². The first kappa shape index (κ1) is 17.3. The Morgan fingerprint density at radius 3 is 2.60 bits per heavy atom. The number of benzene rings is 1. The number of nitro benzene ring substituents is 1. The number of aromatic nitrogens is 1. The fourth-order valence-electron chi connectivity index (χ4n) is 2.65. The van der Waals surface area contributed by atoms with Crippen molar-refractivity contribution in [3.05, 3.63) is 48.8 Å². The van der Waals surface area contributed by atoms with Crippen molar-refractivity contribution in [3.8, 4) is 0 Å². The maximum Gasteiger partial charge on any atom is 0.343 e. The number of halogens is 3. The van der Waals surface area contributed by atoms with Crippen molar-refractivity contribution in [2.45, 2.75) is 25.8 Å². The van der Waals surface area contributed by atoms with E-state index >= 15 is 0 Å². The molecule has 2 aromatic rings. The van der Waals surface area contributed by atoms with Crippen LogP contribution in [0.2, 0.25) is 5.02 Å². The van der Waals surface area contributed by atoms with Crippen LogP contribution in [0.15, 0.2) is 11.0 Å². The lowest BCUT2D eigenvalue weighted by Crippen LogP contribution is -2.22. The zero-order valence-corrected chi connectivity index (χ0v) is 13.6. The van der Waals surface area contributed by atoms with E-state index in [2.05, 4.69) is 0 Å². The number of hydrogen-bond acceptors (Lipinski definition) is 5. The summed E-state index contributed by atoms with van der Waals surface area (Å²) in [6, 6.07) is -0.282. The van der Waals surface area contributed by atoms with E-state index in [0.29, 0.717) is 12.8 Å². The Bertz CT molecular complexity index is 985. The lowest BCUT2D eigenvalue weighted by atomic mass is 10.1. The summed E-state index contributed by atoms with van der Waals surface area (Å²) < 4.78 is 34.4. The molecule has 0 atom stereocenters. The van der Waals surface area contributed by atoms with Crippen LogP contribution < -0.4 is 5.43 Å². The molecule has 0 aliphatic heterocycles. The normalized spacial score (nSPS) is 13.9. The second kappa shape index (κ2) is 6.07. The van der Waals surface area contributed by atoms with Gasteiger partial charge in [0.25, 0.3) is 0 Å². The van der Waals surface area contributed by atoms with Gasteiger partial charge < -0.3 is 9.30 Å². The molecule has 0 unspecified atom stereocenters. The maximum atomic E-state index is 14.4. The first-order valence-corrected chi connectivity index (χ1v) is 7.74. The quantitative estimate of drug-likeness (QED) is 0.355. The lowest BCUT2D eigenvalue weighted by Gasteiger charge is -2.14. The molecule has 132 valence electrons. The molecule has 3 rings (SSSR count). The number of carbonyl (C=O) groups excluding carboxylic acids is 1. The molecular formula is C15H11ClF2N2O5. The average Bonchev–Trinajstić information content (AvgIpc) is 3.37. The summed E-state index contributed by atoms with van der Waals surface area (Å²) >= 11 is 5.61. The molecule has 1 heterocycles. The Hall–Kier alpha value is -2.55. The third-order valence-electron chi connectivity index (χ3n) is 3.89. The fourth-order valence-corrected chi connectivity index (χ4v) is 2.89. The van der Waals surface area contributed by atoms with E-state index in [-0.39, 0.29) is 12.6 Å². The summed E-state index contributed by atoms with van der Waals surface area (Å²) in [6.45, 7) is 1.49. The Balaban J connectivity index is 2.53. The predicted octanol–water partition coefficient (Wildman–Crippen LogP) is 3.35. The maximum absolute atomic E-state index is 14.4. The van der Waals surface area contributed by atoms with E-state index in [1.807, 2.05) is 0 Å². The van der Waals surface area contributed by atoms with E-state index in [0.717, 1.165) is 6.20 Å². The van der Waals surface area contributed by atoms with E-state index < -0.39 is 55.1 Å². The van der Waals surface area contributed by atoms with Gasteiger partial charge in [-0.25, -0.2) is 13.6 Å². The highest BCUT2D eigenvalue weighted by molar-refractivity contribution is 6.34. The average molecular weight is 373 g/mol. The van der Waals surface area contributed by atoms with Crippen LogP contribution in [-0.4, -0.2) is 22.1 Å². The minimum absolute atomic E-state index is 0.0304. The molecule has 0 bridgehead atoms. The second-order valence-electron chi connectivity index (χ2n) is 5.50. The van der Waals surface area contributed by atoms with Crippen molar-refractivity contribution in [2.24, 2.45) is 0 Å². The number of pyridine rings is 1. The smallest absolute Gasteiger partial charge is 0.343 e. The molecule has 10 heteroatoms. The van der Waals surface area contributed by atoms with Gasteiger partial charge in [0.05, 0.1) is 16.9 Å². The van der Waals surface area contributed by atoms with E-state index in [1.54, 1.807) is 0 Å². The minimum atomic E-state index is -1.71. The summed E-state index contributed by atoms with van der Waals surface area (Å²) in [4.78, 5) is 34.9. The van der Waals surface area contributed by atoms with Crippen LogP contribution in [0.25, 0.3) is 10.9 Å². The zero-order valence-electron chi connectivity index (χ0n) is 12.8. The highest BCUT2D eigenvalue weighted by Crippen LogP contribution is 2.42. The lowest BCUT2D eigenvalue weighted by molar-refractivity contribution is -0.383. The SMILES string of the molecule is CCOC(=O)c1cn(C2CC2)c2c([N+](=O)[O-])c(Cl)c(F)c(F)c2c1=O. The number of nitro groups is 1. The number of esters is 1. The van der Waals surface area contributed by atoms with Gasteiger partial charge in [0.15, 0.2) is 16.7 Å². The third-order valence-corrected chi connectivity index (χ3v) is 4.24. The molecule has 0 saturated heterocycles.